The van der Waals surface area contributed by atoms with Crippen molar-refractivity contribution in [2.45, 2.75) is 98.2 Å². The van der Waals surface area contributed by atoms with Crippen molar-refractivity contribution in [1.82, 2.24) is 0 Å². The summed E-state index contributed by atoms with van der Waals surface area (Å²) in [7, 11) is 1.45. The lowest BCUT2D eigenvalue weighted by Gasteiger charge is -2.61. The maximum absolute atomic E-state index is 12.3. The fraction of sp³-hybridized carbons (Fsp3) is 0.828. The smallest absolute Gasteiger partial charge is 0.305 e. The van der Waals surface area contributed by atoms with Crippen molar-refractivity contribution in [3.8, 4) is 0 Å². The van der Waals surface area contributed by atoms with E-state index in [2.05, 4.69) is 32.9 Å². The third-order valence-electron chi connectivity index (χ3n) is 10.6. The molecule has 4 rings (SSSR count). The summed E-state index contributed by atoms with van der Waals surface area (Å²) in [6, 6.07) is 0. The number of fused-ring (bicyclic) bond motifs is 5. The molecule has 3 saturated carbocycles. The molecule has 0 spiro atoms. The van der Waals surface area contributed by atoms with Gasteiger partial charge in [0.15, 0.2) is 0 Å². The molecule has 0 aromatic carbocycles. The van der Waals surface area contributed by atoms with Crippen molar-refractivity contribution < 1.29 is 28.6 Å². The second-order valence-corrected chi connectivity index (χ2v) is 12.3. The van der Waals surface area contributed by atoms with Gasteiger partial charge in [-0.3, -0.25) is 14.4 Å². The Hall–Kier alpha value is -1.85. The van der Waals surface area contributed by atoms with Crippen molar-refractivity contribution in [3.05, 3.63) is 12.2 Å². The molecule has 6 heteroatoms. The van der Waals surface area contributed by atoms with Crippen LogP contribution in [0.15, 0.2) is 12.2 Å². The number of carbonyl (C=O) groups excluding carboxylic acids is 3. The highest BCUT2D eigenvalue weighted by atomic mass is 16.5. The molecule has 4 aliphatic carbocycles. The number of methoxy groups -OCH3 is 1. The van der Waals surface area contributed by atoms with Gasteiger partial charge < -0.3 is 14.2 Å². The summed E-state index contributed by atoms with van der Waals surface area (Å²) in [5, 5.41) is 0. The quantitative estimate of drug-likeness (QED) is 0.280. The Balaban J connectivity index is 1.61. The van der Waals surface area contributed by atoms with Crippen LogP contribution in [0.5, 0.6) is 0 Å². The molecule has 0 aromatic rings. The SMILES string of the molecule is COC(=O)CC[C@H](C)[C@@H]1CC[C@@H]2[C@@H]3C=C[C@@H]4C[C@H](OC(C)=O)CC[C@]4(C)[C@H]3C[C@H](OC(C)=O)[C@@]21C. The van der Waals surface area contributed by atoms with Crippen LogP contribution in [0.4, 0.5) is 0 Å². The summed E-state index contributed by atoms with van der Waals surface area (Å²) in [5.41, 5.74) is 0.00916. The first-order valence-electron chi connectivity index (χ1n) is 13.6. The molecule has 0 amide bonds. The number of ether oxygens (including phenoxy) is 3. The van der Waals surface area contributed by atoms with Crippen LogP contribution in [-0.2, 0) is 28.6 Å². The molecule has 0 heterocycles. The molecule has 6 nitrogen and oxygen atoms in total. The lowest BCUT2D eigenvalue weighted by molar-refractivity contribution is -0.183. The summed E-state index contributed by atoms with van der Waals surface area (Å²) in [6.07, 6.45) is 11.9. The van der Waals surface area contributed by atoms with E-state index in [-0.39, 0.29) is 40.9 Å². The first-order valence-corrected chi connectivity index (χ1v) is 13.6. The van der Waals surface area contributed by atoms with Crippen LogP contribution < -0.4 is 0 Å². The summed E-state index contributed by atoms with van der Waals surface area (Å²) < 4.78 is 16.6. The minimum absolute atomic E-state index is 0.00332. The Labute approximate surface area is 210 Å². The molecule has 10 atom stereocenters. The molecule has 0 radical (unpaired) electrons. The van der Waals surface area contributed by atoms with Gasteiger partial charge in [0.25, 0.3) is 0 Å². The van der Waals surface area contributed by atoms with Gasteiger partial charge in [-0.25, -0.2) is 0 Å². The van der Waals surface area contributed by atoms with Crippen LogP contribution in [0.2, 0.25) is 0 Å². The van der Waals surface area contributed by atoms with Crippen molar-refractivity contribution in [3.63, 3.8) is 0 Å². The fourth-order valence-electron chi connectivity index (χ4n) is 8.85. The van der Waals surface area contributed by atoms with Gasteiger partial charge in [-0.05, 0) is 85.9 Å². The average Bonchev–Trinajstić information content (AvgIpc) is 3.16. The van der Waals surface area contributed by atoms with Crippen molar-refractivity contribution in [2.75, 3.05) is 7.11 Å². The topological polar surface area (TPSA) is 78.9 Å². The van der Waals surface area contributed by atoms with Crippen LogP contribution in [0.25, 0.3) is 0 Å². The average molecular weight is 489 g/mol. The van der Waals surface area contributed by atoms with Crippen molar-refractivity contribution in [2.24, 2.45) is 46.3 Å². The highest BCUT2D eigenvalue weighted by Crippen LogP contribution is 2.67. The predicted octanol–water partition coefficient (Wildman–Crippen LogP) is 5.48. The van der Waals surface area contributed by atoms with Crippen LogP contribution in [-0.4, -0.2) is 37.2 Å². The summed E-state index contributed by atoms with van der Waals surface area (Å²) in [5.74, 6) is 1.95. The predicted molar refractivity (Wildman–Crippen MR) is 132 cm³/mol. The third kappa shape index (κ3) is 4.67. The number of allylic oxidation sites excluding steroid dienone is 2. The van der Waals surface area contributed by atoms with Gasteiger partial charge in [0.2, 0.25) is 0 Å². The Morgan fingerprint density at radius 1 is 0.971 bits per heavy atom. The standard InChI is InChI=1S/C29H44O6/c1-17(7-12-27(32)33-6)23-10-11-24-22-9-8-20-15-21(34-18(2)30)13-14-28(20,4)25(22)16-26(29(23,24)5)35-19(3)31/h8-9,17,20-26H,7,10-16H2,1-6H3/t17-,20+,21+,22-,23-,24+,25-,26-,28-,29+/m0/s1. The fourth-order valence-corrected chi connectivity index (χ4v) is 8.85. The van der Waals surface area contributed by atoms with Gasteiger partial charge in [-0.15, -0.1) is 0 Å². The lowest BCUT2D eigenvalue weighted by atomic mass is 9.45. The summed E-state index contributed by atoms with van der Waals surface area (Å²) in [6.45, 7) is 10.1. The molecular formula is C29H44O6. The van der Waals surface area contributed by atoms with E-state index in [9.17, 15) is 14.4 Å². The first-order chi connectivity index (χ1) is 16.5. The van der Waals surface area contributed by atoms with E-state index in [4.69, 9.17) is 14.2 Å². The van der Waals surface area contributed by atoms with Gasteiger partial charge in [-0.2, -0.15) is 0 Å². The molecule has 0 unspecified atom stereocenters. The zero-order valence-electron chi connectivity index (χ0n) is 22.4. The van der Waals surface area contributed by atoms with Crippen molar-refractivity contribution >= 4 is 17.9 Å². The van der Waals surface area contributed by atoms with Gasteiger partial charge in [0, 0.05) is 25.7 Å². The lowest BCUT2D eigenvalue weighted by Crippen LogP contribution is -2.58. The number of esters is 3. The van der Waals surface area contributed by atoms with Gasteiger partial charge in [0.1, 0.15) is 12.2 Å². The van der Waals surface area contributed by atoms with E-state index in [0.717, 1.165) is 44.9 Å². The third-order valence-corrected chi connectivity index (χ3v) is 10.6. The van der Waals surface area contributed by atoms with Gasteiger partial charge in [-0.1, -0.05) is 32.9 Å². The van der Waals surface area contributed by atoms with E-state index in [1.165, 1.54) is 21.0 Å². The monoisotopic (exact) mass is 488 g/mol. The molecule has 0 aliphatic heterocycles. The Bertz CT molecular complexity index is 865. The molecule has 0 bridgehead atoms. The summed E-state index contributed by atoms with van der Waals surface area (Å²) in [4.78, 5) is 35.7. The zero-order valence-corrected chi connectivity index (χ0v) is 22.4. The second-order valence-electron chi connectivity index (χ2n) is 12.3. The normalized spacial score (nSPS) is 42.7. The van der Waals surface area contributed by atoms with Crippen molar-refractivity contribution in [1.29, 1.82) is 0 Å². The minimum atomic E-state index is -0.201. The Morgan fingerprint density at radius 3 is 2.34 bits per heavy atom. The van der Waals surface area contributed by atoms with Crippen LogP contribution in [0.3, 0.4) is 0 Å². The Kier molecular flexibility index (Phi) is 7.41. The van der Waals surface area contributed by atoms with Gasteiger partial charge >= 0.3 is 17.9 Å². The van der Waals surface area contributed by atoms with E-state index >= 15 is 0 Å². The van der Waals surface area contributed by atoms with Crippen LogP contribution >= 0.6 is 0 Å². The number of rotatable bonds is 6. The highest BCUT2D eigenvalue weighted by molar-refractivity contribution is 5.69. The van der Waals surface area contributed by atoms with Crippen LogP contribution in [0, 0.1) is 46.3 Å². The highest BCUT2D eigenvalue weighted by Gasteiger charge is 2.64. The maximum Gasteiger partial charge on any atom is 0.305 e. The molecule has 3 fully saturated rings. The van der Waals surface area contributed by atoms with E-state index in [1.807, 2.05) is 0 Å². The number of hydrogen-bond acceptors (Lipinski definition) is 6. The number of carbonyl (C=O) groups is 3. The molecule has 0 N–H and O–H groups in total. The Morgan fingerprint density at radius 2 is 1.69 bits per heavy atom. The zero-order chi connectivity index (χ0) is 25.5. The van der Waals surface area contributed by atoms with E-state index in [0.29, 0.717) is 41.9 Å². The van der Waals surface area contributed by atoms with E-state index in [1.54, 1.807) is 0 Å². The maximum atomic E-state index is 12.3. The molecule has 35 heavy (non-hydrogen) atoms. The molecule has 4 aliphatic rings. The van der Waals surface area contributed by atoms with E-state index < -0.39 is 0 Å². The van der Waals surface area contributed by atoms with Crippen LogP contribution in [0.1, 0.15) is 86.0 Å². The molecule has 0 aromatic heterocycles. The molecule has 196 valence electrons. The number of hydrogen-bond donors (Lipinski definition) is 0. The summed E-state index contributed by atoms with van der Waals surface area (Å²) >= 11 is 0. The first kappa shape index (κ1) is 26.2. The van der Waals surface area contributed by atoms with Gasteiger partial charge in [0.05, 0.1) is 7.11 Å². The minimum Gasteiger partial charge on any atom is -0.469 e. The largest absolute Gasteiger partial charge is 0.469 e. The second kappa shape index (κ2) is 9.89. The molecular weight excluding hydrogens is 444 g/mol. The molecule has 0 saturated heterocycles.